The molecule has 0 amide bonds. The zero-order chi connectivity index (χ0) is 16.2. The van der Waals surface area contributed by atoms with Crippen LogP contribution in [0.25, 0.3) is 10.9 Å². The van der Waals surface area contributed by atoms with E-state index in [1.165, 1.54) is 11.8 Å². The lowest BCUT2D eigenvalue weighted by atomic mass is 10.2. The Bertz CT molecular complexity index is 824. The number of hydrogen-bond acceptors (Lipinski definition) is 4. The average molecular weight is 327 g/mol. The highest BCUT2D eigenvalue weighted by atomic mass is 32.2. The third kappa shape index (κ3) is 3.19. The third-order valence-corrected chi connectivity index (χ3v) is 4.55. The lowest BCUT2D eigenvalue weighted by Crippen LogP contribution is -2.06. The number of fused-ring (bicyclic) bond motifs is 1. The fourth-order valence-corrected chi connectivity index (χ4v) is 3.36. The Hall–Kier alpha value is -2.40. The Kier molecular flexibility index (Phi) is 4.57. The number of benzene rings is 2. The van der Waals surface area contributed by atoms with Crippen LogP contribution in [0.2, 0.25) is 0 Å². The van der Waals surface area contributed by atoms with E-state index in [4.69, 9.17) is 9.47 Å². The first-order valence-corrected chi connectivity index (χ1v) is 8.14. The number of nitrogens with one attached hydrogen (secondary N) is 1. The number of esters is 1. The third-order valence-electron chi connectivity index (χ3n) is 3.42. The van der Waals surface area contributed by atoms with Crippen molar-refractivity contribution in [2.24, 2.45) is 0 Å². The highest BCUT2D eigenvalue weighted by Crippen LogP contribution is 2.37. The van der Waals surface area contributed by atoms with Crippen LogP contribution in [0.4, 0.5) is 0 Å². The zero-order valence-electron chi connectivity index (χ0n) is 13.0. The number of H-pyrrole nitrogens is 1. The molecule has 23 heavy (non-hydrogen) atoms. The molecule has 3 rings (SSSR count). The van der Waals surface area contributed by atoms with Crippen LogP contribution in [0.1, 0.15) is 17.4 Å². The molecular weight excluding hydrogens is 310 g/mol. The maximum absolute atomic E-state index is 12.2. The normalized spacial score (nSPS) is 10.7. The van der Waals surface area contributed by atoms with Gasteiger partial charge in [-0.15, -0.1) is 0 Å². The van der Waals surface area contributed by atoms with Crippen LogP contribution >= 0.6 is 11.8 Å². The average Bonchev–Trinajstić information content (AvgIpc) is 2.95. The number of aromatic amines is 1. The minimum Gasteiger partial charge on any atom is -0.497 e. The maximum Gasteiger partial charge on any atom is 0.355 e. The van der Waals surface area contributed by atoms with Crippen LogP contribution < -0.4 is 4.74 Å². The Morgan fingerprint density at radius 1 is 1.13 bits per heavy atom. The summed E-state index contributed by atoms with van der Waals surface area (Å²) in [5, 5.41) is 1.01. The molecule has 5 heteroatoms. The smallest absolute Gasteiger partial charge is 0.355 e. The fraction of sp³-hybridized carbons (Fsp3) is 0.167. The predicted molar refractivity (Wildman–Crippen MR) is 91.4 cm³/mol. The van der Waals surface area contributed by atoms with Crippen molar-refractivity contribution in [2.75, 3.05) is 13.7 Å². The van der Waals surface area contributed by atoms with Crippen molar-refractivity contribution >= 4 is 28.6 Å². The first kappa shape index (κ1) is 15.5. The van der Waals surface area contributed by atoms with Gasteiger partial charge in [-0.1, -0.05) is 30.0 Å². The van der Waals surface area contributed by atoms with Gasteiger partial charge in [-0.3, -0.25) is 0 Å². The molecule has 1 N–H and O–H groups in total. The summed E-state index contributed by atoms with van der Waals surface area (Å²) in [4.78, 5) is 17.3. The van der Waals surface area contributed by atoms with Gasteiger partial charge in [0.05, 0.1) is 18.6 Å². The second-order valence-electron chi connectivity index (χ2n) is 4.87. The summed E-state index contributed by atoms with van der Waals surface area (Å²) in [5.41, 5.74) is 1.42. The van der Waals surface area contributed by atoms with E-state index in [0.29, 0.717) is 12.3 Å². The number of ether oxygens (including phenoxy) is 2. The van der Waals surface area contributed by atoms with Gasteiger partial charge in [-0.25, -0.2) is 4.79 Å². The number of aromatic nitrogens is 1. The minimum atomic E-state index is -0.334. The SMILES string of the molecule is CCOC(=O)c1[nH]c2ccccc2c1Sc1ccc(OC)cc1. The molecule has 0 saturated carbocycles. The maximum atomic E-state index is 12.2. The van der Waals surface area contributed by atoms with Gasteiger partial charge >= 0.3 is 5.97 Å². The van der Waals surface area contributed by atoms with Crippen molar-refractivity contribution in [1.29, 1.82) is 0 Å². The van der Waals surface area contributed by atoms with Crippen LogP contribution in [-0.2, 0) is 4.74 Å². The first-order valence-electron chi connectivity index (χ1n) is 7.32. The van der Waals surface area contributed by atoms with E-state index in [-0.39, 0.29) is 5.97 Å². The molecule has 4 nitrogen and oxygen atoms in total. The largest absolute Gasteiger partial charge is 0.497 e. The van der Waals surface area contributed by atoms with Crippen LogP contribution in [0.15, 0.2) is 58.3 Å². The van der Waals surface area contributed by atoms with E-state index in [1.54, 1.807) is 14.0 Å². The van der Waals surface area contributed by atoms with Gasteiger partial charge < -0.3 is 14.5 Å². The summed E-state index contributed by atoms with van der Waals surface area (Å²) in [7, 11) is 1.64. The van der Waals surface area contributed by atoms with Gasteiger partial charge in [0.25, 0.3) is 0 Å². The number of carbonyl (C=O) groups excluding carboxylic acids is 1. The number of carbonyl (C=O) groups is 1. The Labute approximate surface area is 138 Å². The van der Waals surface area contributed by atoms with E-state index >= 15 is 0 Å². The van der Waals surface area contributed by atoms with E-state index in [1.807, 2.05) is 48.5 Å². The summed E-state index contributed by atoms with van der Waals surface area (Å²) < 4.78 is 10.3. The molecule has 0 unspecified atom stereocenters. The van der Waals surface area contributed by atoms with Crippen LogP contribution in [0.5, 0.6) is 5.75 Å². The summed E-state index contributed by atoms with van der Waals surface area (Å²) in [6.45, 7) is 2.15. The lowest BCUT2D eigenvalue weighted by Gasteiger charge is -2.06. The molecule has 0 bridgehead atoms. The van der Waals surface area contributed by atoms with Gasteiger partial charge in [0.15, 0.2) is 0 Å². The molecule has 0 aliphatic carbocycles. The quantitative estimate of drug-likeness (QED) is 0.701. The fourth-order valence-electron chi connectivity index (χ4n) is 2.33. The summed E-state index contributed by atoms with van der Waals surface area (Å²) in [6, 6.07) is 15.6. The van der Waals surface area contributed by atoms with Crippen molar-refractivity contribution < 1.29 is 14.3 Å². The summed E-state index contributed by atoms with van der Waals surface area (Å²) >= 11 is 1.54. The van der Waals surface area contributed by atoms with Crippen molar-refractivity contribution in [2.45, 2.75) is 16.7 Å². The predicted octanol–water partition coefficient (Wildman–Crippen LogP) is 4.50. The topological polar surface area (TPSA) is 51.3 Å². The lowest BCUT2D eigenvalue weighted by molar-refractivity contribution is 0.0516. The van der Waals surface area contributed by atoms with Gasteiger partial charge in [-0.05, 0) is 37.3 Å². The molecule has 0 aliphatic heterocycles. The van der Waals surface area contributed by atoms with E-state index in [2.05, 4.69) is 4.98 Å². The molecule has 3 aromatic rings. The standard InChI is InChI=1S/C18H17NO3S/c1-3-22-18(20)16-17(14-6-4-5-7-15(14)19-16)23-13-10-8-12(21-2)9-11-13/h4-11,19H,3H2,1-2H3. The molecule has 0 fully saturated rings. The molecular formula is C18H17NO3S. The first-order chi connectivity index (χ1) is 11.2. The van der Waals surface area contributed by atoms with Crippen molar-refractivity contribution in [3.8, 4) is 5.75 Å². The molecule has 118 valence electrons. The van der Waals surface area contributed by atoms with Crippen molar-refractivity contribution in [3.63, 3.8) is 0 Å². The molecule has 0 radical (unpaired) electrons. The second-order valence-corrected chi connectivity index (χ2v) is 5.96. The highest BCUT2D eigenvalue weighted by Gasteiger charge is 2.19. The molecule has 1 aromatic heterocycles. The number of methoxy groups -OCH3 is 1. The van der Waals surface area contributed by atoms with Crippen LogP contribution in [0.3, 0.4) is 0 Å². The van der Waals surface area contributed by atoms with E-state index in [0.717, 1.165) is 26.4 Å². The number of hydrogen-bond donors (Lipinski definition) is 1. The number of para-hydroxylation sites is 1. The van der Waals surface area contributed by atoms with E-state index < -0.39 is 0 Å². The van der Waals surface area contributed by atoms with Gasteiger partial charge in [0.1, 0.15) is 11.4 Å². The molecule has 2 aromatic carbocycles. The molecule has 0 saturated heterocycles. The minimum absolute atomic E-state index is 0.334. The molecule has 0 atom stereocenters. The monoisotopic (exact) mass is 327 g/mol. The highest BCUT2D eigenvalue weighted by molar-refractivity contribution is 7.99. The van der Waals surface area contributed by atoms with Gasteiger partial charge in [0.2, 0.25) is 0 Å². The zero-order valence-corrected chi connectivity index (χ0v) is 13.8. The van der Waals surface area contributed by atoms with Gasteiger partial charge in [-0.2, -0.15) is 0 Å². The molecule has 1 heterocycles. The van der Waals surface area contributed by atoms with Gasteiger partial charge in [0, 0.05) is 15.8 Å². The summed E-state index contributed by atoms with van der Waals surface area (Å²) in [5.74, 6) is 0.471. The van der Waals surface area contributed by atoms with Crippen LogP contribution in [0, 0.1) is 0 Å². The molecule has 0 aliphatic rings. The van der Waals surface area contributed by atoms with Crippen LogP contribution in [-0.4, -0.2) is 24.7 Å². The second kappa shape index (κ2) is 6.79. The Morgan fingerprint density at radius 2 is 1.87 bits per heavy atom. The summed E-state index contributed by atoms with van der Waals surface area (Å²) in [6.07, 6.45) is 0. The van der Waals surface area contributed by atoms with Crippen molar-refractivity contribution in [3.05, 3.63) is 54.2 Å². The molecule has 0 spiro atoms. The Balaban J connectivity index is 2.02. The van der Waals surface area contributed by atoms with E-state index in [9.17, 15) is 4.79 Å². The van der Waals surface area contributed by atoms with Crippen molar-refractivity contribution in [1.82, 2.24) is 4.98 Å². The Morgan fingerprint density at radius 3 is 2.57 bits per heavy atom. The number of rotatable bonds is 5.